The van der Waals surface area contributed by atoms with Crippen LogP contribution in [-0.2, 0) is 0 Å². The van der Waals surface area contributed by atoms with Crippen molar-refractivity contribution in [3.63, 3.8) is 0 Å². The van der Waals surface area contributed by atoms with Crippen molar-refractivity contribution in [1.29, 1.82) is 0 Å². The first-order chi connectivity index (χ1) is 4.43. The van der Waals surface area contributed by atoms with Gasteiger partial charge in [0, 0.05) is 6.61 Å². The molecule has 50 valence electrons. The molecule has 1 saturated carbocycles. The zero-order valence-electron chi connectivity index (χ0n) is 5.46. The summed E-state index contributed by atoms with van der Waals surface area (Å²) in [4.78, 5) is 0. The number of aliphatic hydroxyl groups is 1. The summed E-state index contributed by atoms with van der Waals surface area (Å²) in [6.07, 6.45) is 6.93. The Labute approximate surface area is 55.4 Å². The van der Waals surface area contributed by atoms with Crippen LogP contribution < -0.4 is 0 Å². The van der Waals surface area contributed by atoms with Crippen molar-refractivity contribution in [3.8, 4) is 0 Å². The van der Waals surface area contributed by atoms with Gasteiger partial charge in [0.05, 0.1) is 0 Å². The highest BCUT2D eigenvalue weighted by Gasteiger charge is 2.48. The summed E-state index contributed by atoms with van der Waals surface area (Å²) in [5, 5.41) is 8.81. The maximum Gasteiger partial charge on any atom is 0.0465 e. The van der Waals surface area contributed by atoms with Gasteiger partial charge < -0.3 is 5.11 Å². The van der Waals surface area contributed by atoms with E-state index >= 15 is 0 Å². The molecule has 9 heavy (non-hydrogen) atoms. The molecule has 1 fully saturated rings. The summed E-state index contributed by atoms with van der Waals surface area (Å²) >= 11 is 0. The van der Waals surface area contributed by atoms with Gasteiger partial charge in [0.15, 0.2) is 0 Å². The van der Waals surface area contributed by atoms with Crippen LogP contribution in [0, 0.1) is 17.8 Å². The van der Waals surface area contributed by atoms with Crippen LogP contribution in [0.2, 0.25) is 0 Å². The minimum Gasteiger partial charge on any atom is -0.396 e. The van der Waals surface area contributed by atoms with E-state index in [0.717, 1.165) is 11.8 Å². The number of allylic oxidation sites excluding steroid dienone is 2. The van der Waals surface area contributed by atoms with Crippen LogP contribution in [0.1, 0.15) is 12.8 Å². The Balaban J connectivity index is 1.98. The molecule has 0 saturated heterocycles. The lowest BCUT2D eigenvalue weighted by Crippen LogP contribution is -1.86. The quantitative estimate of drug-likeness (QED) is 0.520. The van der Waals surface area contributed by atoms with Gasteiger partial charge in [-0.15, -0.1) is 0 Å². The van der Waals surface area contributed by atoms with Crippen molar-refractivity contribution in [3.05, 3.63) is 12.2 Å². The molecule has 0 spiro atoms. The number of aliphatic hydroxyl groups excluding tert-OH is 1. The van der Waals surface area contributed by atoms with Gasteiger partial charge in [-0.2, -0.15) is 0 Å². The average Bonchev–Trinajstić information content (AvgIpc) is 2.60. The fourth-order valence-corrected chi connectivity index (χ4v) is 2.00. The molecule has 0 aromatic rings. The van der Waals surface area contributed by atoms with Crippen LogP contribution >= 0.6 is 0 Å². The SMILES string of the molecule is OCC1[C@H]2CC=CC[C@H]12. The second kappa shape index (κ2) is 1.84. The Kier molecular flexibility index (Phi) is 1.12. The topological polar surface area (TPSA) is 20.2 Å². The molecule has 1 heteroatoms. The van der Waals surface area contributed by atoms with E-state index in [9.17, 15) is 0 Å². The van der Waals surface area contributed by atoms with E-state index in [0.29, 0.717) is 12.5 Å². The van der Waals surface area contributed by atoms with Crippen LogP contribution in [0.5, 0.6) is 0 Å². The van der Waals surface area contributed by atoms with Gasteiger partial charge in [-0.1, -0.05) is 12.2 Å². The maximum absolute atomic E-state index is 8.81. The van der Waals surface area contributed by atoms with Gasteiger partial charge in [0.25, 0.3) is 0 Å². The number of hydrogen-bond donors (Lipinski definition) is 1. The zero-order chi connectivity index (χ0) is 6.27. The Morgan fingerprint density at radius 2 is 1.78 bits per heavy atom. The molecule has 1 N–H and O–H groups in total. The fraction of sp³-hybridized carbons (Fsp3) is 0.750. The van der Waals surface area contributed by atoms with Gasteiger partial charge in [0.2, 0.25) is 0 Å². The third-order valence-electron chi connectivity index (χ3n) is 2.70. The van der Waals surface area contributed by atoms with Crippen LogP contribution in [0.4, 0.5) is 0 Å². The first kappa shape index (κ1) is 5.48. The molecule has 0 aromatic carbocycles. The highest BCUT2D eigenvalue weighted by atomic mass is 16.3. The standard InChI is InChI=1S/C8H12O/c9-5-8-6-3-1-2-4-7(6)8/h1-2,6-9H,3-5H2/t6-,7-/m0/s1. The summed E-state index contributed by atoms with van der Waals surface area (Å²) in [5.41, 5.74) is 0. The van der Waals surface area contributed by atoms with Crippen molar-refractivity contribution in [2.45, 2.75) is 12.8 Å². The van der Waals surface area contributed by atoms with Crippen LogP contribution in [0.3, 0.4) is 0 Å². The predicted octanol–water partition coefficient (Wildman–Crippen LogP) is 1.19. The van der Waals surface area contributed by atoms with Gasteiger partial charge in [-0.05, 0) is 30.6 Å². The predicted molar refractivity (Wildman–Crippen MR) is 35.9 cm³/mol. The first-order valence-corrected chi connectivity index (χ1v) is 3.69. The molecule has 0 aromatic heterocycles. The summed E-state index contributed by atoms with van der Waals surface area (Å²) in [5.74, 6) is 2.35. The second-order valence-electron chi connectivity index (χ2n) is 3.12. The van der Waals surface area contributed by atoms with Crippen molar-refractivity contribution in [1.82, 2.24) is 0 Å². The fourth-order valence-electron chi connectivity index (χ4n) is 2.00. The normalized spacial score (nSPS) is 46.6. The summed E-state index contributed by atoms with van der Waals surface area (Å²) < 4.78 is 0. The number of rotatable bonds is 1. The highest BCUT2D eigenvalue weighted by Crippen LogP contribution is 2.52. The molecule has 0 radical (unpaired) electrons. The van der Waals surface area contributed by atoms with Crippen molar-refractivity contribution < 1.29 is 5.11 Å². The summed E-state index contributed by atoms with van der Waals surface area (Å²) in [7, 11) is 0. The Bertz CT molecular complexity index is 126. The van der Waals surface area contributed by atoms with E-state index in [1.165, 1.54) is 12.8 Å². The van der Waals surface area contributed by atoms with Gasteiger partial charge in [0.1, 0.15) is 0 Å². The number of fused-ring (bicyclic) bond motifs is 1. The van der Waals surface area contributed by atoms with Crippen LogP contribution in [-0.4, -0.2) is 11.7 Å². The van der Waals surface area contributed by atoms with E-state index in [4.69, 9.17) is 5.11 Å². The van der Waals surface area contributed by atoms with E-state index in [2.05, 4.69) is 12.2 Å². The molecular formula is C8H12O. The third-order valence-corrected chi connectivity index (χ3v) is 2.70. The lowest BCUT2D eigenvalue weighted by molar-refractivity contribution is 0.264. The van der Waals surface area contributed by atoms with E-state index in [-0.39, 0.29) is 0 Å². The maximum atomic E-state index is 8.81. The molecule has 0 unspecified atom stereocenters. The lowest BCUT2D eigenvalue weighted by atomic mass is 10.1. The van der Waals surface area contributed by atoms with Crippen molar-refractivity contribution >= 4 is 0 Å². The molecule has 0 aliphatic heterocycles. The first-order valence-electron chi connectivity index (χ1n) is 3.69. The van der Waals surface area contributed by atoms with Crippen molar-refractivity contribution in [2.24, 2.45) is 17.8 Å². The molecule has 0 bridgehead atoms. The van der Waals surface area contributed by atoms with Gasteiger partial charge in [-0.3, -0.25) is 0 Å². The van der Waals surface area contributed by atoms with Crippen LogP contribution in [0.25, 0.3) is 0 Å². The third kappa shape index (κ3) is 0.715. The lowest BCUT2D eigenvalue weighted by Gasteiger charge is -1.96. The second-order valence-corrected chi connectivity index (χ2v) is 3.12. The molecule has 0 heterocycles. The Morgan fingerprint density at radius 3 is 2.22 bits per heavy atom. The summed E-state index contributed by atoms with van der Waals surface area (Å²) in [6.45, 7) is 0.414. The Morgan fingerprint density at radius 1 is 1.22 bits per heavy atom. The minimum atomic E-state index is 0.414. The number of hydrogen-bond acceptors (Lipinski definition) is 1. The molecule has 2 atom stereocenters. The molecule has 2 aliphatic rings. The Hall–Kier alpha value is -0.300. The monoisotopic (exact) mass is 124 g/mol. The van der Waals surface area contributed by atoms with E-state index in [1.54, 1.807) is 0 Å². The van der Waals surface area contributed by atoms with Crippen molar-refractivity contribution in [2.75, 3.05) is 6.61 Å². The van der Waals surface area contributed by atoms with E-state index < -0.39 is 0 Å². The molecule has 0 amide bonds. The molecule has 2 aliphatic carbocycles. The largest absolute Gasteiger partial charge is 0.396 e. The molecule has 1 nitrogen and oxygen atoms in total. The van der Waals surface area contributed by atoms with Gasteiger partial charge >= 0.3 is 0 Å². The molecular weight excluding hydrogens is 112 g/mol. The smallest absolute Gasteiger partial charge is 0.0465 e. The van der Waals surface area contributed by atoms with Gasteiger partial charge in [-0.25, -0.2) is 0 Å². The van der Waals surface area contributed by atoms with Crippen LogP contribution in [0.15, 0.2) is 12.2 Å². The zero-order valence-corrected chi connectivity index (χ0v) is 5.46. The minimum absolute atomic E-state index is 0.414. The molecule has 2 rings (SSSR count). The van der Waals surface area contributed by atoms with E-state index in [1.807, 2.05) is 0 Å². The highest BCUT2D eigenvalue weighted by molar-refractivity contribution is 5.08. The average molecular weight is 124 g/mol. The summed E-state index contributed by atoms with van der Waals surface area (Å²) in [6, 6.07) is 0.